The van der Waals surface area contributed by atoms with Gasteiger partial charge in [-0.1, -0.05) is 6.07 Å². The number of amides is 1. The Labute approximate surface area is 123 Å². The van der Waals surface area contributed by atoms with Gasteiger partial charge in [-0.2, -0.15) is 0 Å². The third kappa shape index (κ3) is 5.12. The molecule has 8 heteroatoms. The minimum atomic E-state index is -0.507. The van der Waals surface area contributed by atoms with Crippen molar-refractivity contribution in [1.82, 2.24) is 0 Å². The lowest BCUT2D eigenvalue weighted by Crippen LogP contribution is -2.28. The first-order valence-corrected chi connectivity index (χ1v) is 5.75. The van der Waals surface area contributed by atoms with Crippen LogP contribution in [-0.4, -0.2) is 30.6 Å². The second-order valence-corrected chi connectivity index (χ2v) is 4.10. The molecule has 0 aliphatic rings. The molecule has 0 saturated carbocycles. The molecule has 3 N–H and O–H groups in total. The van der Waals surface area contributed by atoms with Crippen LogP contribution < -0.4 is 11.1 Å². The Hall–Kier alpha value is -1.70. The number of benzene rings is 1. The Balaban J connectivity index is 0.00000361. The van der Waals surface area contributed by atoms with Crippen LogP contribution in [0.5, 0.6) is 0 Å². The van der Waals surface area contributed by atoms with Gasteiger partial charge in [0, 0.05) is 25.8 Å². The quantitative estimate of drug-likeness (QED) is 0.613. The Morgan fingerprint density at radius 2 is 2.20 bits per heavy atom. The fourth-order valence-corrected chi connectivity index (χ4v) is 1.53. The van der Waals surface area contributed by atoms with Crippen molar-refractivity contribution in [3.8, 4) is 0 Å². The number of carbonyl (C=O) groups is 1. The van der Waals surface area contributed by atoms with Crippen molar-refractivity contribution in [1.29, 1.82) is 0 Å². The van der Waals surface area contributed by atoms with Crippen LogP contribution >= 0.6 is 12.4 Å². The zero-order valence-electron chi connectivity index (χ0n) is 11.3. The van der Waals surface area contributed by atoms with Gasteiger partial charge in [-0.15, -0.1) is 12.4 Å². The zero-order chi connectivity index (χ0) is 14.4. The summed E-state index contributed by atoms with van der Waals surface area (Å²) in [5.41, 5.74) is 6.53. The van der Waals surface area contributed by atoms with E-state index in [1.165, 1.54) is 19.2 Å². The van der Waals surface area contributed by atoms with Crippen LogP contribution in [0.1, 0.15) is 12.0 Å². The molecule has 0 saturated heterocycles. The summed E-state index contributed by atoms with van der Waals surface area (Å²) >= 11 is 0. The van der Waals surface area contributed by atoms with Gasteiger partial charge in [0.25, 0.3) is 5.69 Å². The number of methoxy groups -OCH3 is 1. The molecule has 0 radical (unpaired) electrons. The van der Waals surface area contributed by atoms with E-state index in [0.717, 1.165) is 5.56 Å². The standard InChI is InChI=1S/C12H17N3O4.ClH/c1-8-3-4-9(15(17)18)5-11(8)14-12(16)6-10(7-13)19-2;/h3-5,10H,6-7,13H2,1-2H3,(H,14,16);1H. The number of nitro benzene ring substituents is 1. The van der Waals surface area contributed by atoms with Crippen molar-refractivity contribution < 1.29 is 14.5 Å². The monoisotopic (exact) mass is 303 g/mol. The molecule has 1 amide bonds. The fraction of sp³-hybridized carbons (Fsp3) is 0.417. The molecule has 7 nitrogen and oxygen atoms in total. The van der Waals surface area contributed by atoms with Gasteiger partial charge in [0.1, 0.15) is 0 Å². The number of nitrogens with zero attached hydrogens (tertiary/aromatic N) is 1. The highest BCUT2D eigenvalue weighted by atomic mass is 35.5. The van der Waals surface area contributed by atoms with Crippen LogP contribution in [0.4, 0.5) is 11.4 Å². The molecule has 0 aliphatic heterocycles. The van der Waals surface area contributed by atoms with Gasteiger partial charge in [-0.05, 0) is 12.5 Å². The first-order valence-electron chi connectivity index (χ1n) is 5.75. The second-order valence-electron chi connectivity index (χ2n) is 4.10. The summed E-state index contributed by atoms with van der Waals surface area (Å²) in [6, 6.07) is 4.31. The van der Waals surface area contributed by atoms with E-state index in [2.05, 4.69) is 5.32 Å². The molecule has 1 unspecified atom stereocenters. The molecule has 0 fully saturated rings. The summed E-state index contributed by atoms with van der Waals surface area (Å²) in [7, 11) is 1.48. The SMILES string of the molecule is COC(CN)CC(=O)Nc1cc([N+](=O)[O-])ccc1C.Cl. The van der Waals surface area contributed by atoms with Crippen molar-refractivity contribution in [3.05, 3.63) is 33.9 Å². The van der Waals surface area contributed by atoms with Gasteiger partial charge >= 0.3 is 0 Å². The molecule has 1 aromatic rings. The van der Waals surface area contributed by atoms with Gasteiger partial charge in [0.15, 0.2) is 0 Å². The predicted molar refractivity (Wildman–Crippen MR) is 78.2 cm³/mol. The summed E-state index contributed by atoms with van der Waals surface area (Å²) in [6.07, 6.45) is -0.256. The van der Waals surface area contributed by atoms with E-state index in [9.17, 15) is 14.9 Å². The number of nitro groups is 1. The number of halogens is 1. The lowest BCUT2D eigenvalue weighted by molar-refractivity contribution is -0.384. The number of nitrogens with two attached hydrogens (primary N) is 1. The van der Waals surface area contributed by atoms with Gasteiger partial charge < -0.3 is 15.8 Å². The molecule has 1 aromatic carbocycles. The fourth-order valence-electron chi connectivity index (χ4n) is 1.53. The van der Waals surface area contributed by atoms with E-state index >= 15 is 0 Å². The van der Waals surface area contributed by atoms with E-state index in [4.69, 9.17) is 10.5 Å². The average Bonchev–Trinajstić information content (AvgIpc) is 2.38. The van der Waals surface area contributed by atoms with Crippen molar-refractivity contribution in [2.45, 2.75) is 19.4 Å². The van der Waals surface area contributed by atoms with Crippen molar-refractivity contribution >= 4 is 29.7 Å². The molecular weight excluding hydrogens is 286 g/mol. The van der Waals surface area contributed by atoms with Crippen LogP contribution in [0.15, 0.2) is 18.2 Å². The summed E-state index contributed by atoms with van der Waals surface area (Å²) in [5.74, 6) is -0.291. The molecule has 1 atom stereocenters. The Bertz CT molecular complexity index is 478. The number of carbonyl (C=O) groups excluding carboxylic acids is 1. The molecule has 0 aromatic heterocycles. The van der Waals surface area contributed by atoms with Crippen LogP contribution in [0.2, 0.25) is 0 Å². The Morgan fingerprint density at radius 1 is 1.55 bits per heavy atom. The maximum atomic E-state index is 11.8. The number of nitrogens with one attached hydrogen (secondary N) is 1. The Morgan fingerprint density at radius 3 is 2.70 bits per heavy atom. The smallest absolute Gasteiger partial charge is 0.271 e. The highest BCUT2D eigenvalue weighted by Crippen LogP contribution is 2.22. The lowest BCUT2D eigenvalue weighted by atomic mass is 10.1. The van der Waals surface area contributed by atoms with Crippen LogP contribution in [0, 0.1) is 17.0 Å². The number of rotatable bonds is 6. The molecule has 112 valence electrons. The van der Waals surface area contributed by atoms with E-state index in [-0.39, 0.29) is 43.1 Å². The van der Waals surface area contributed by atoms with Crippen molar-refractivity contribution in [2.75, 3.05) is 19.0 Å². The number of anilines is 1. The Kier molecular flexibility index (Phi) is 7.75. The minimum absolute atomic E-state index is 0. The summed E-state index contributed by atoms with van der Waals surface area (Å²) in [4.78, 5) is 21.9. The molecule has 0 bridgehead atoms. The van der Waals surface area contributed by atoms with Crippen molar-refractivity contribution in [2.24, 2.45) is 5.73 Å². The molecule has 0 aliphatic carbocycles. The van der Waals surface area contributed by atoms with Gasteiger partial charge in [-0.3, -0.25) is 14.9 Å². The normalized spacial score (nSPS) is 11.3. The highest BCUT2D eigenvalue weighted by molar-refractivity contribution is 5.92. The molecule has 1 rings (SSSR count). The average molecular weight is 304 g/mol. The minimum Gasteiger partial charge on any atom is -0.380 e. The summed E-state index contributed by atoms with van der Waals surface area (Å²) in [5, 5.41) is 13.3. The number of aryl methyl sites for hydroxylation is 1. The van der Waals surface area contributed by atoms with E-state index in [1.807, 2.05) is 0 Å². The van der Waals surface area contributed by atoms with Crippen LogP contribution in [0.3, 0.4) is 0 Å². The third-order valence-electron chi connectivity index (χ3n) is 2.72. The lowest BCUT2D eigenvalue weighted by Gasteiger charge is -2.13. The first kappa shape index (κ1) is 18.3. The van der Waals surface area contributed by atoms with Gasteiger partial charge in [0.05, 0.1) is 23.1 Å². The van der Waals surface area contributed by atoms with Gasteiger partial charge in [0.2, 0.25) is 5.91 Å². The third-order valence-corrected chi connectivity index (χ3v) is 2.72. The summed E-state index contributed by atoms with van der Waals surface area (Å²) in [6.45, 7) is 1.99. The highest BCUT2D eigenvalue weighted by Gasteiger charge is 2.14. The second kappa shape index (κ2) is 8.47. The van der Waals surface area contributed by atoms with Crippen LogP contribution in [0.25, 0.3) is 0 Å². The first-order chi connectivity index (χ1) is 8.97. The number of ether oxygens (including phenoxy) is 1. The van der Waals surface area contributed by atoms with E-state index in [0.29, 0.717) is 5.69 Å². The predicted octanol–water partition coefficient (Wildman–Crippen LogP) is 1.63. The topological polar surface area (TPSA) is 107 Å². The largest absolute Gasteiger partial charge is 0.380 e. The van der Waals surface area contributed by atoms with Crippen LogP contribution in [-0.2, 0) is 9.53 Å². The number of hydrogen-bond donors (Lipinski definition) is 2. The molecule has 20 heavy (non-hydrogen) atoms. The maximum absolute atomic E-state index is 11.8. The zero-order valence-corrected chi connectivity index (χ0v) is 12.1. The van der Waals surface area contributed by atoms with Gasteiger partial charge in [-0.25, -0.2) is 0 Å². The maximum Gasteiger partial charge on any atom is 0.271 e. The van der Waals surface area contributed by atoms with Crippen molar-refractivity contribution in [3.63, 3.8) is 0 Å². The molecule has 0 spiro atoms. The molecule has 0 heterocycles. The molecular formula is C12H18ClN3O4. The number of hydrogen-bond acceptors (Lipinski definition) is 5. The summed E-state index contributed by atoms with van der Waals surface area (Å²) < 4.78 is 5.01. The van der Waals surface area contributed by atoms with E-state index < -0.39 is 4.92 Å². The number of non-ortho nitro benzene ring substituents is 1. The van der Waals surface area contributed by atoms with E-state index in [1.54, 1.807) is 13.0 Å².